The molecular formula is C24H42N2O2. The van der Waals surface area contributed by atoms with Gasteiger partial charge in [0.25, 0.3) is 0 Å². The maximum absolute atomic E-state index is 12.9. The molecule has 0 bridgehead atoms. The zero-order chi connectivity index (χ0) is 19.9. The van der Waals surface area contributed by atoms with Gasteiger partial charge in [0.2, 0.25) is 11.8 Å². The molecule has 0 atom stereocenters. The minimum absolute atomic E-state index is 0.140. The summed E-state index contributed by atoms with van der Waals surface area (Å²) in [7, 11) is 3.98. The summed E-state index contributed by atoms with van der Waals surface area (Å²) in [6.45, 7) is 1.86. The molecule has 0 aromatic heterocycles. The summed E-state index contributed by atoms with van der Waals surface area (Å²) in [5.41, 5.74) is 0. The Balaban J connectivity index is 1.40. The molecule has 3 aliphatic rings. The second-order valence-electron chi connectivity index (χ2n) is 9.99. The van der Waals surface area contributed by atoms with E-state index in [0.29, 0.717) is 23.7 Å². The van der Waals surface area contributed by atoms with E-state index in [1.807, 2.05) is 23.9 Å². The number of amides is 2. The van der Waals surface area contributed by atoms with Gasteiger partial charge in [-0.3, -0.25) is 9.59 Å². The largest absolute Gasteiger partial charge is 0.345 e. The van der Waals surface area contributed by atoms with Crippen molar-refractivity contribution < 1.29 is 9.59 Å². The molecular weight excluding hydrogens is 348 g/mol. The lowest BCUT2D eigenvalue weighted by Crippen LogP contribution is -2.41. The molecule has 0 radical (unpaired) electrons. The highest BCUT2D eigenvalue weighted by Crippen LogP contribution is 2.32. The lowest BCUT2D eigenvalue weighted by molar-refractivity contribution is -0.140. The van der Waals surface area contributed by atoms with Gasteiger partial charge in [0.1, 0.15) is 0 Å². The predicted molar refractivity (Wildman–Crippen MR) is 114 cm³/mol. The van der Waals surface area contributed by atoms with Crippen molar-refractivity contribution in [2.75, 3.05) is 27.2 Å². The third-order valence-electron chi connectivity index (χ3n) is 7.69. The van der Waals surface area contributed by atoms with Crippen LogP contribution in [0.3, 0.4) is 0 Å². The van der Waals surface area contributed by atoms with Crippen molar-refractivity contribution >= 4 is 11.8 Å². The summed E-state index contributed by atoms with van der Waals surface area (Å²) in [5.74, 6) is 2.34. The van der Waals surface area contributed by atoms with Crippen molar-refractivity contribution in [3.05, 3.63) is 0 Å². The highest BCUT2D eigenvalue weighted by atomic mass is 16.2. The first kappa shape index (κ1) is 21.6. The normalized spacial score (nSPS) is 27.4. The molecule has 3 saturated carbocycles. The third-order valence-corrected chi connectivity index (χ3v) is 7.69. The maximum Gasteiger partial charge on any atom is 0.225 e. The molecule has 4 heteroatoms. The van der Waals surface area contributed by atoms with Gasteiger partial charge in [-0.1, -0.05) is 38.5 Å². The SMILES string of the molecule is CN(CC1CCCCC1)C(=O)C1CCC(C(=O)N(C)CC2CCCCC2)CC1. The average Bonchev–Trinajstić information content (AvgIpc) is 2.74. The molecule has 3 fully saturated rings. The van der Waals surface area contributed by atoms with E-state index in [0.717, 1.165) is 38.8 Å². The molecule has 2 amide bonds. The topological polar surface area (TPSA) is 40.6 Å². The van der Waals surface area contributed by atoms with Crippen LogP contribution in [0.15, 0.2) is 0 Å². The van der Waals surface area contributed by atoms with Crippen molar-refractivity contribution in [3.8, 4) is 0 Å². The molecule has 160 valence electrons. The Labute approximate surface area is 172 Å². The summed E-state index contributed by atoms with van der Waals surface area (Å²) < 4.78 is 0. The monoisotopic (exact) mass is 390 g/mol. The van der Waals surface area contributed by atoms with Gasteiger partial charge < -0.3 is 9.80 Å². The molecule has 0 aliphatic heterocycles. The van der Waals surface area contributed by atoms with Crippen LogP contribution in [0.5, 0.6) is 0 Å². The average molecular weight is 391 g/mol. The molecule has 0 unspecified atom stereocenters. The van der Waals surface area contributed by atoms with Gasteiger partial charge >= 0.3 is 0 Å². The molecule has 4 nitrogen and oxygen atoms in total. The smallest absolute Gasteiger partial charge is 0.225 e. The Morgan fingerprint density at radius 1 is 0.571 bits per heavy atom. The van der Waals surface area contributed by atoms with Gasteiger partial charge in [-0.15, -0.1) is 0 Å². The van der Waals surface area contributed by atoms with E-state index in [1.165, 1.54) is 64.2 Å². The van der Waals surface area contributed by atoms with E-state index in [1.54, 1.807) is 0 Å². The third kappa shape index (κ3) is 5.97. The Morgan fingerprint density at radius 3 is 1.21 bits per heavy atom. The lowest BCUT2D eigenvalue weighted by atomic mass is 9.80. The zero-order valence-electron chi connectivity index (χ0n) is 18.3. The van der Waals surface area contributed by atoms with Crippen LogP contribution in [0.4, 0.5) is 0 Å². The van der Waals surface area contributed by atoms with Crippen molar-refractivity contribution in [3.63, 3.8) is 0 Å². The first-order chi connectivity index (χ1) is 13.5. The molecule has 0 aromatic rings. The molecule has 28 heavy (non-hydrogen) atoms. The fourth-order valence-electron chi connectivity index (χ4n) is 5.90. The Bertz CT molecular complexity index is 455. The number of carbonyl (C=O) groups is 2. The van der Waals surface area contributed by atoms with Gasteiger partial charge in [0, 0.05) is 39.0 Å². The highest BCUT2D eigenvalue weighted by Gasteiger charge is 2.33. The summed E-state index contributed by atoms with van der Waals surface area (Å²) >= 11 is 0. The quantitative estimate of drug-likeness (QED) is 0.649. The van der Waals surface area contributed by atoms with Crippen LogP contribution in [-0.4, -0.2) is 48.8 Å². The zero-order valence-corrected chi connectivity index (χ0v) is 18.3. The molecule has 0 aromatic carbocycles. The van der Waals surface area contributed by atoms with Crippen LogP contribution >= 0.6 is 0 Å². The van der Waals surface area contributed by atoms with Crippen molar-refractivity contribution in [2.24, 2.45) is 23.7 Å². The van der Waals surface area contributed by atoms with E-state index in [-0.39, 0.29) is 11.8 Å². The van der Waals surface area contributed by atoms with Crippen LogP contribution in [0.25, 0.3) is 0 Å². The minimum atomic E-state index is 0.140. The van der Waals surface area contributed by atoms with Crippen LogP contribution < -0.4 is 0 Å². The molecule has 3 rings (SSSR count). The Morgan fingerprint density at radius 2 is 0.893 bits per heavy atom. The first-order valence-electron chi connectivity index (χ1n) is 12.0. The molecule has 3 aliphatic carbocycles. The van der Waals surface area contributed by atoms with Crippen molar-refractivity contribution in [1.82, 2.24) is 9.80 Å². The summed E-state index contributed by atoms with van der Waals surface area (Å²) in [5, 5.41) is 0. The lowest BCUT2D eigenvalue weighted by Gasteiger charge is -2.34. The number of hydrogen-bond acceptors (Lipinski definition) is 2. The van der Waals surface area contributed by atoms with E-state index in [9.17, 15) is 9.59 Å². The first-order valence-corrected chi connectivity index (χ1v) is 12.0. The maximum atomic E-state index is 12.9. The van der Waals surface area contributed by atoms with E-state index in [4.69, 9.17) is 0 Å². The summed E-state index contributed by atoms with van der Waals surface area (Å²) in [6, 6.07) is 0. The second-order valence-corrected chi connectivity index (χ2v) is 9.99. The van der Waals surface area contributed by atoms with Crippen LogP contribution in [-0.2, 0) is 9.59 Å². The Hall–Kier alpha value is -1.06. The number of carbonyl (C=O) groups excluding carboxylic acids is 2. The molecule has 0 N–H and O–H groups in total. The van der Waals surface area contributed by atoms with Crippen molar-refractivity contribution in [2.45, 2.75) is 89.9 Å². The minimum Gasteiger partial charge on any atom is -0.345 e. The number of nitrogens with zero attached hydrogens (tertiary/aromatic N) is 2. The Kier molecular flexibility index (Phi) is 8.23. The van der Waals surface area contributed by atoms with Gasteiger partial charge in [-0.2, -0.15) is 0 Å². The highest BCUT2D eigenvalue weighted by molar-refractivity contribution is 5.81. The van der Waals surface area contributed by atoms with Crippen molar-refractivity contribution in [1.29, 1.82) is 0 Å². The summed E-state index contributed by atoms with van der Waals surface area (Å²) in [4.78, 5) is 29.7. The van der Waals surface area contributed by atoms with Gasteiger partial charge in [-0.25, -0.2) is 0 Å². The van der Waals surface area contributed by atoms with Gasteiger partial charge in [0.15, 0.2) is 0 Å². The molecule has 0 saturated heterocycles. The van der Waals surface area contributed by atoms with E-state index < -0.39 is 0 Å². The van der Waals surface area contributed by atoms with Crippen LogP contribution in [0, 0.1) is 23.7 Å². The van der Waals surface area contributed by atoms with Gasteiger partial charge in [-0.05, 0) is 63.2 Å². The molecule has 0 heterocycles. The van der Waals surface area contributed by atoms with Crippen LogP contribution in [0.1, 0.15) is 89.9 Å². The number of hydrogen-bond donors (Lipinski definition) is 0. The summed E-state index contributed by atoms with van der Waals surface area (Å²) in [6.07, 6.45) is 16.7. The standard InChI is InChI=1S/C24H42N2O2/c1-25(17-19-9-5-3-6-10-19)23(27)21-13-15-22(16-14-21)24(28)26(2)18-20-11-7-4-8-12-20/h19-22H,3-18H2,1-2H3. The van der Waals surface area contributed by atoms with Gasteiger partial charge in [0.05, 0.1) is 0 Å². The van der Waals surface area contributed by atoms with E-state index >= 15 is 0 Å². The fourth-order valence-corrected chi connectivity index (χ4v) is 5.90. The van der Waals surface area contributed by atoms with E-state index in [2.05, 4.69) is 0 Å². The van der Waals surface area contributed by atoms with Crippen LogP contribution in [0.2, 0.25) is 0 Å². The fraction of sp³-hybridized carbons (Fsp3) is 0.917. The predicted octanol–water partition coefficient (Wildman–Crippen LogP) is 4.87. The molecule has 0 spiro atoms. The second kappa shape index (κ2) is 10.6. The number of rotatable bonds is 6.